The molecule has 0 atom stereocenters. The second kappa shape index (κ2) is 7.48. The van der Waals surface area contributed by atoms with Gasteiger partial charge < -0.3 is 4.74 Å². The first kappa shape index (κ1) is 17.2. The lowest BCUT2D eigenvalue weighted by Crippen LogP contribution is -2.17. The Kier molecular flexibility index (Phi) is 5.14. The fraction of sp³-hybridized carbons (Fsp3) is 0.167. The lowest BCUT2D eigenvalue weighted by Gasteiger charge is -2.06. The molecule has 0 unspecified atom stereocenters. The molecule has 0 saturated heterocycles. The second-order valence-corrected chi connectivity index (χ2v) is 6.47. The van der Waals surface area contributed by atoms with E-state index in [1.165, 1.54) is 34.4 Å². The van der Waals surface area contributed by atoms with Gasteiger partial charge in [0.1, 0.15) is 18.1 Å². The molecule has 0 spiro atoms. The highest BCUT2D eigenvalue weighted by Crippen LogP contribution is 2.18. The molecule has 0 saturated carbocycles. The molecule has 2 aromatic heterocycles. The number of aromatic nitrogens is 2. The Balaban J connectivity index is 1.60. The van der Waals surface area contributed by atoms with E-state index in [-0.39, 0.29) is 23.7 Å². The van der Waals surface area contributed by atoms with E-state index in [9.17, 15) is 14.0 Å². The Morgan fingerprint density at radius 1 is 1.24 bits per heavy atom. The highest BCUT2D eigenvalue weighted by atomic mass is 32.2. The minimum Gasteiger partial charge on any atom is -0.459 e. The number of carbonyl (C=O) groups excluding carboxylic acids is 1. The van der Waals surface area contributed by atoms with Gasteiger partial charge in [-0.1, -0.05) is 6.07 Å². The van der Waals surface area contributed by atoms with Gasteiger partial charge in [0.25, 0.3) is 5.56 Å². The van der Waals surface area contributed by atoms with Crippen LogP contribution in [-0.2, 0) is 16.1 Å². The van der Waals surface area contributed by atoms with Gasteiger partial charge in [0.2, 0.25) is 0 Å². The number of fused-ring (bicyclic) bond motifs is 1. The van der Waals surface area contributed by atoms with Crippen molar-refractivity contribution in [1.29, 1.82) is 0 Å². The summed E-state index contributed by atoms with van der Waals surface area (Å²) in [5.41, 5.74) is 1.63. The zero-order valence-corrected chi connectivity index (χ0v) is 14.3. The molecule has 0 bridgehead atoms. The number of thioether (sulfide) groups is 1. The van der Waals surface area contributed by atoms with Crippen molar-refractivity contribution in [3.8, 4) is 0 Å². The van der Waals surface area contributed by atoms with Gasteiger partial charge in [-0.05, 0) is 42.8 Å². The Bertz CT molecular complexity index is 970. The molecule has 5 nitrogen and oxygen atoms in total. The first-order valence-corrected chi connectivity index (χ1v) is 8.53. The summed E-state index contributed by atoms with van der Waals surface area (Å²) in [5, 5.41) is 0. The number of hydrogen-bond donors (Lipinski definition) is 0. The zero-order chi connectivity index (χ0) is 17.8. The normalized spacial score (nSPS) is 10.8. The van der Waals surface area contributed by atoms with E-state index in [4.69, 9.17) is 4.74 Å². The van der Waals surface area contributed by atoms with Gasteiger partial charge in [-0.15, -0.1) is 11.8 Å². The molecule has 0 fully saturated rings. The van der Waals surface area contributed by atoms with Gasteiger partial charge in [-0.2, -0.15) is 0 Å². The Labute approximate surface area is 147 Å². The second-order valence-electron chi connectivity index (χ2n) is 5.42. The van der Waals surface area contributed by atoms with Crippen molar-refractivity contribution in [3.05, 3.63) is 76.1 Å². The molecular weight excluding hydrogens is 343 g/mol. The first-order chi connectivity index (χ1) is 12.0. The molecule has 128 valence electrons. The summed E-state index contributed by atoms with van der Waals surface area (Å²) in [4.78, 5) is 29.0. The smallest absolute Gasteiger partial charge is 0.316 e. The van der Waals surface area contributed by atoms with Crippen LogP contribution in [0.3, 0.4) is 0 Å². The number of esters is 1. The summed E-state index contributed by atoms with van der Waals surface area (Å²) >= 11 is 1.25. The number of nitrogens with zero attached hydrogens (tertiary/aromatic N) is 2. The minimum absolute atomic E-state index is 0.0670. The highest BCUT2D eigenvalue weighted by Gasteiger charge is 2.08. The standard InChI is InChI=1S/C18H15FN2O3S/c1-12-2-7-16-20-14(8-17(22)21(16)9-12)10-24-18(23)11-25-15-5-3-13(19)4-6-15/h2-9H,10-11H2,1H3. The van der Waals surface area contributed by atoms with Crippen LogP contribution >= 0.6 is 11.8 Å². The van der Waals surface area contributed by atoms with E-state index < -0.39 is 5.97 Å². The molecule has 0 aliphatic carbocycles. The number of pyridine rings is 1. The summed E-state index contributed by atoms with van der Waals surface area (Å²) in [6, 6.07) is 10.8. The lowest BCUT2D eigenvalue weighted by atomic mass is 10.3. The Morgan fingerprint density at radius 2 is 2.00 bits per heavy atom. The zero-order valence-electron chi connectivity index (χ0n) is 13.4. The van der Waals surface area contributed by atoms with Gasteiger partial charge in [0.05, 0.1) is 11.4 Å². The average molecular weight is 358 g/mol. The number of benzene rings is 1. The quantitative estimate of drug-likeness (QED) is 0.518. The molecule has 0 radical (unpaired) electrons. The summed E-state index contributed by atoms with van der Waals surface area (Å²) in [7, 11) is 0. The van der Waals surface area contributed by atoms with E-state index in [1.807, 2.05) is 13.0 Å². The molecule has 0 amide bonds. The maximum atomic E-state index is 12.8. The molecule has 0 aliphatic rings. The van der Waals surface area contributed by atoms with Gasteiger partial charge in [-0.25, -0.2) is 9.37 Å². The predicted molar refractivity (Wildman–Crippen MR) is 93.1 cm³/mol. The van der Waals surface area contributed by atoms with Crippen molar-refractivity contribution in [2.24, 2.45) is 0 Å². The fourth-order valence-corrected chi connectivity index (χ4v) is 2.90. The van der Waals surface area contributed by atoms with Crippen LogP contribution in [0.5, 0.6) is 0 Å². The molecule has 3 aromatic rings. The van der Waals surface area contributed by atoms with E-state index >= 15 is 0 Å². The van der Waals surface area contributed by atoms with E-state index in [0.717, 1.165) is 10.5 Å². The molecule has 25 heavy (non-hydrogen) atoms. The first-order valence-electron chi connectivity index (χ1n) is 7.54. The van der Waals surface area contributed by atoms with Gasteiger partial charge in [0, 0.05) is 17.2 Å². The molecule has 0 N–H and O–H groups in total. The van der Waals surface area contributed by atoms with Crippen LogP contribution in [0.15, 0.2) is 58.4 Å². The summed E-state index contributed by atoms with van der Waals surface area (Å²) in [5.74, 6) is -0.659. The van der Waals surface area contributed by atoms with Crippen LogP contribution in [-0.4, -0.2) is 21.1 Å². The third-order valence-electron chi connectivity index (χ3n) is 3.41. The lowest BCUT2D eigenvalue weighted by molar-refractivity contribution is -0.141. The highest BCUT2D eigenvalue weighted by molar-refractivity contribution is 8.00. The van der Waals surface area contributed by atoms with Crippen LogP contribution in [0.2, 0.25) is 0 Å². The average Bonchev–Trinajstić information content (AvgIpc) is 2.60. The van der Waals surface area contributed by atoms with Crippen molar-refractivity contribution in [3.63, 3.8) is 0 Å². The largest absolute Gasteiger partial charge is 0.459 e. The van der Waals surface area contributed by atoms with Gasteiger partial charge >= 0.3 is 5.97 Å². The Hall–Kier alpha value is -2.67. The molecule has 0 aliphatic heterocycles. The van der Waals surface area contributed by atoms with Crippen molar-refractivity contribution in [1.82, 2.24) is 9.38 Å². The van der Waals surface area contributed by atoms with Crippen LogP contribution in [0, 0.1) is 12.7 Å². The van der Waals surface area contributed by atoms with Crippen LogP contribution < -0.4 is 5.56 Å². The topological polar surface area (TPSA) is 60.7 Å². The van der Waals surface area contributed by atoms with Crippen LogP contribution in [0.4, 0.5) is 4.39 Å². The SMILES string of the molecule is Cc1ccc2nc(COC(=O)CSc3ccc(F)cc3)cc(=O)n2c1. The van der Waals surface area contributed by atoms with E-state index in [1.54, 1.807) is 24.4 Å². The van der Waals surface area contributed by atoms with Crippen molar-refractivity contribution in [2.45, 2.75) is 18.4 Å². The molecular formula is C18H15FN2O3S. The number of rotatable bonds is 5. The maximum absolute atomic E-state index is 12.8. The van der Waals surface area contributed by atoms with Crippen molar-refractivity contribution in [2.75, 3.05) is 5.75 Å². The maximum Gasteiger partial charge on any atom is 0.316 e. The summed E-state index contributed by atoms with van der Waals surface area (Å²) < 4.78 is 19.4. The number of halogens is 1. The predicted octanol–water partition coefficient (Wildman–Crippen LogP) is 2.98. The minimum atomic E-state index is -0.430. The van der Waals surface area contributed by atoms with Crippen molar-refractivity contribution < 1.29 is 13.9 Å². The van der Waals surface area contributed by atoms with Crippen LogP contribution in [0.25, 0.3) is 5.65 Å². The Morgan fingerprint density at radius 3 is 2.76 bits per heavy atom. The number of ether oxygens (including phenoxy) is 1. The molecule has 3 rings (SSSR count). The van der Waals surface area contributed by atoms with E-state index in [0.29, 0.717) is 11.3 Å². The third kappa shape index (κ3) is 4.45. The number of hydrogen-bond acceptors (Lipinski definition) is 5. The van der Waals surface area contributed by atoms with Crippen LogP contribution in [0.1, 0.15) is 11.3 Å². The summed E-state index contributed by atoms with van der Waals surface area (Å²) in [6.45, 7) is 1.82. The van der Waals surface area contributed by atoms with Gasteiger partial charge in [-0.3, -0.25) is 14.0 Å². The van der Waals surface area contributed by atoms with Crippen molar-refractivity contribution >= 4 is 23.4 Å². The molecule has 7 heteroatoms. The number of aryl methyl sites for hydroxylation is 1. The monoisotopic (exact) mass is 358 g/mol. The number of carbonyl (C=O) groups is 1. The summed E-state index contributed by atoms with van der Waals surface area (Å²) in [6.07, 6.45) is 1.71. The third-order valence-corrected chi connectivity index (χ3v) is 4.40. The van der Waals surface area contributed by atoms with E-state index in [2.05, 4.69) is 4.98 Å². The fourth-order valence-electron chi connectivity index (χ4n) is 2.20. The molecule has 2 heterocycles. The van der Waals surface area contributed by atoms with Gasteiger partial charge in [0.15, 0.2) is 0 Å². The molecule has 1 aromatic carbocycles.